The minimum atomic E-state index is -4.72. The molecule has 0 aliphatic rings. The standard InChI is InChI=1S/C26H22N2O6Te/c1-31-21-7-11-23(12-8-21)35(24-13-9-22(32-2)10-14-24,33-25(29)19-5-3-15-27-17-19)34-26(30)20-6-4-16-28-18-20/h3-18H,1-2H3. The van der Waals surface area contributed by atoms with Crippen LogP contribution in [0, 0.1) is 0 Å². The molecule has 0 radical (unpaired) electrons. The first-order valence-corrected chi connectivity index (χ1v) is 14.7. The van der Waals surface area contributed by atoms with Crippen molar-refractivity contribution in [1.29, 1.82) is 0 Å². The van der Waals surface area contributed by atoms with Gasteiger partial charge < -0.3 is 0 Å². The summed E-state index contributed by atoms with van der Waals surface area (Å²) in [6, 6.07) is 20.4. The zero-order valence-corrected chi connectivity index (χ0v) is 21.3. The van der Waals surface area contributed by atoms with Crippen LogP contribution in [-0.2, 0) is 6.20 Å². The fourth-order valence-electron chi connectivity index (χ4n) is 3.13. The van der Waals surface area contributed by atoms with E-state index in [2.05, 4.69) is 9.97 Å². The molecule has 0 fully saturated rings. The number of carbonyl (C=O) groups is 2. The van der Waals surface area contributed by atoms with Gasteiger partial charge in [-0.2, -0.15) is 0 Å². The molecule has 0 aliphatic heterocycles. The van der Waals surface area contributed by atoms with Gasteiger partial charge in [-0.1, -0.05) is 0 Å². The molecule has 35 heavy (non-hydrogen) atoms. The fourth-order valence-corrected chi connectivity index (χ4v) is 9.69. The van der Waals surface area contributed by atoms with Crippen molar-refractivity contribution in [2.75, 3.05) is 14.2 Å². The first kappa shape index (κ1) is 24.2. The third-order valence-electron chi connectivity index (χ3n) is 4.92. The van der Waals surface area contributed by atoms with Gasteiger partial charge in [-0.3, -0.25) is 0 Å². The van der Waals surface area contributed by atoms with Crippen molar-refractivity contribution in [1.82, 2.24) is 9.97 Å². The van der Waals surface area contributed by atoms with Gasteiger partial charge in [0.05, 0.1) is 0 Å². The summed E-state index contributed by atoms with van der Waals surface area (Å²) in [4.78, 5) is 34.6. The van der Waals surface area contributed by atoms with E-state index in [1.165, 1.54) is 12.4 Å². The second-order valence-corrected chi connectivity index (χ2v) is 13.6. The van der Waals surface area contributed by atoms with Gasteiger partial charge in [0.2, 0.25) is 0 Å². The van der Waals surface area contributed by atoms with Crippen LogP contribution in [0.15, 0.2) is 97.6 Å². The Morgan fingerprint density at radius 3 is 1.34 bits per heavy atom. The van der Waals surface area contributed by atoms with E-state index >= 15 is 0 Å². The van der Waals surface area contributed by atoms with Gasteiger partial charge in [0.15, 0.2) is 0 Å². The number of hydrogen-bond donors (Lipinski definition) is 0. The number of carbonyl (C=O) groups excluding carboxylic acids is 2. The van der Waals surface area contributed by atoms with E-state index in [1.807, 2.05) is 0 Å². The number of nitrogens with zero attached hydrogens (tertiary/aromatic N) is 2. The molecule has 4 rings (SSSR count). The third kappa shape index (κ3) is 5.43. The van der Waals surface area contributed by atoms with Crippen molar-refractivity contribution in [2.24, 2.45) is 0 Å². The summed E-state index contributed by atoms with van der Waals surface area (Å²) in [5, 5.41) is 0. The van der Waals surface area contributed by atoms with Crippen LogP contribution in [-0.4, -0.2) is 55.1 Å². The number of aromatic nitrogens is 2. The molecule has 178 valence electrons. The Labute approximate surface area is 207 Å². The van der Waals surface area contributed by atoms with E-state index in [0.717, 1.165) is 0 Å². The van der Waals surface area contributed by atoms with Gasteiger partial charge >= 0.3 is 208 Å². The summed E-state index contributed by atoms with van der Waals surface area (Å²) >= 11 is -4.72. The zero-order chi connectivity index (χ0) is 24.7. The molecule has 0 amide bonds. The molecule has 0 bridgehead atoms. The first-order chi connectivity index (χ1) is 17.1. The molecule has 2 heterocycles. The van der Waals surface area contributed by atoms with E-state index in [9.17, 15) is 9.59 Å². The SMILES string of the molecule is COc1ccc([Te](OC(=O)c2cccnc2)(OC(=O)c2cccnc2)c2ccc(OC)cc2)cc1. The predicted octanol–water partition coefficient (Wildman–Crippen LogP) is 2.76. The van der Waals surface area contributed by atoms with Crippen molar-refractivity contribution in [3.8, 4) is 11.5 Å². The molecule has 8 nitrogen and oxygen atoms in total. The molecule has 0 N–H and O–H groups in total. The molecule has 2 aromatic heterocycles. The van der Waals surface area contributed by atoms with Crippen LogP contribution in [0.3, 0.4) is 0 Å². The zero-order valence-electron chi connectivity index (χ0n) is 19.0. The van der Waals surface area contributed by atoms with Crippen molar-refractivity contribution in [3.63, 3.8) is 0 Å². The Morgan fingerprint density at radius 1 is 0.629 bits per heavy atom. The quantitative estimate of drug-likeness (QED) is 0.291. The summed E-state index contributed by atoms with van der Waals surface area (Å²) in [5.41, 5.74) is 0.477. The average Bonchev–Trinajstić information content (AvgIpc) is 2.93. The Morgan fingerprint density at radius 2 is 1.03 bits per heavy atom. The van der Waals surface area contributed by atoms with E-state index in [4.69, 9.17) is 15.7 Å². The molecule has 0 spiro atoms. The number of ether oxygens (including phenoxy) is 2. The molecule has 0 aliphatic carbocycles. The molecule has 9 heteroatoms. The Balaban J connectivity index is 1.88. The number of hydrogen-bond acceptors (Lipinski definition) is 8. The van der Waals surface area contributed by atoms with Crippen LogP contribution in [0.2, 0.25) is 0 Å². The number of rotatable bonds is 8. The van der Waals surface area contributed by atoms with E-state index in [0.29, 0.717) is 18.7 Å². The molecular formula is C26H22N2O6Te. The first-order valence-electron chi connectivity index (χ1n) is 10.4. The fraction of sp³-hybridized carbons (Fsp3) is 0.0769. The van der Waals surface area contributed by atoms with Crippen molar-refractivity contribution < 1.29 is 25.3 Å². The second-order valence-electron chi connectivity index (χ2n) is 7.08. The molecule has 0 saturated carbocycles. The average molecular weight is 586 g/mol. The summed E-state index contributed by atoms with van der Waals surface area (Å²) in [5.74, 6) is -0.0791. The minimum absolute atomic E-state index is 0.239. The Bertz CT molecular complexity index is 1180. The van der Waals surface area contributed by atoms with Crippen LogP contribution in [0.4, 0.5) is 0 Å². The Kier molecular flexibility index (Phi) is 7.60. The third-order valence-corrected chi connectivity index (χ3v) is 12.2. The van der Waals surface area contributed by atoms with Crippen LogP contribution in [0.25, 0.3) is 0 Å². The molecule has 4 aromatic rings. The maximum atomic E-state index is 13.3. The van der Waals surface area contributed by atoms with Crippen LogP contribution >= 0.6 is 0 Å². The number of pyridine rings is 2. The van der Waals surface area contributed by atoms with Crippen LogP contribution < -0.4 is 16.7 Å². The molecule has 0 unspecified atom stereocenters. The van der Waals surface area contributed by atoms with Crippen LogP contribution in [0.1, 0.15) is 20.7 Å². The van der Waals surface area contributed by atoms with Gasteiger partial charge in [-0.25, -0.2) is 0 Å². The van der Waals surface area contributed by atoms with Gasteiger partial charge in [0, 0.05) is 0 Å². The normalized spacial score (nSPS) is 11.3. The monoisotopic (exact) mass is 588 g/mol. The predicted molar refractivity (Wildman–Crippen MR) is 130 cm³/mol. The molecule has 0 saturated heterocycles. The second kappa shape index (κ2) is 11.0. The summed E-state index contributed by atoms with van der Waals surface area (Å²) < 4.78 is 24.1. The van der Waals surface area contributed by atoms with E-state index in [1.54, 1.807) is 99.4 Å². The van der Waals surface area contributed by atoms with Gasteiger partial charge in [-0.05, 0) is 0 Å². The molecule has 0 atom stereocenters. The summed E-state index contributed by atoms with van der Waals surface area (Å²) in [6.07, 6.45) is 5.92. The van der Waals surface area contributed by atoms with Gasteiger partial charge in [0.25, 0.3) is 0 Å². The van der Waals surface area contributed by atoms with Gasteiger partial charge in [-0.15, -0.1) is 0 Å². The molecular weight excluding hydrogens is 564 g/mol. The topological polar surface area (TPSA) is 96.8 Å². The number of methoxy groups -OCH3 is 2. The van der Waals surface area contributed by atoms with Crippen molar-refractivity contribution in [2.45, 2.75) is 0 Å². The van der Waals surface area contributed by atoms with Crippen LogP contribution in [0.5, 0.6) is 11.5 Å². The van der Waals surface area contributed by atoms with E-state index in [-0.39, 0.29) is 11.1 Å². The van der Waals surface area contributed by atoms with Crippen molar-refractivity contribution >= 4 is 38.2 Å². The van der Waals surface area contributed by atoms with E-state index < -0.39 is 30.9 Å². The maximum absolute atomic E-state index is 13.3. The summed E-state index contributed by atoms with van der Waals surface area (Å²) in [7, 11) is 3.11. The van der Waals surface area contributed by atoms with Gasteiger partial charge in [0.1, 0.15) is 0 Å². The number of benzene rings is 2. The van der Waals surface area contributed by atoms with Crippen molar-refractivity contribution in [3.05, 3.63) is 109 Å². The molecule has 2 aromatic carbocycles. The Hall–Kier alpha value is -3.93. The summed E-state index contributed by atoms with van der Waals surface area (Å²) in [6.45, 7) is 0.